The highest BCUT2D eigenvalue weighted by molar-refractivity contribution is 6.32. The van der Waals surface area contributed by atoms with E-state index < -0.39 is 0 Å². The second-order valence-corrected chi connectivity index (χ2v) is 5.78. The third kappa shape index (κ3) is 2.75. The van der Waals surface area contributed by atoms with Crippen molar-refractivity contribution in [1.82, 2.24) is 5.32 Å². The maximum Gasteiger partial charge on any atom is 0.139 e. The molecule has 0 amide bonds. The molecule has 0 unspecified atom stereocenters. The van der Waals surface area contributed by atoms with Gasteiger partial charge in [-0.3, -0.25) is 0 Å². The van der Waals surface area contributed by atoms with E-state index in [1.807, 2.05) is 18.2 Å². The lowest BCUT2D eigenvalue weighted by atomic mass is 10.2. The van der Waals surface area contributed by atoms with E-state index in [0.29, 0.717) is 5.02 Å². The number of ether oxygens (including phenoxy) is 1. The van der Waals surface area contributed by atoms with Gasteiger partial charge in [0.1, 0.15) is 11.4 Å². The van der Waals surface area contributed by atoms with Gasteiger partial charge >= 0.3 is 0 Å². The number of hydrogen-bond donors (Lipinski definition) is 1. The van der Waals surface area contributed by atoms with Crippen LogP contribution in [0.5, 0.6) is 5.75 Å². The van der Waals surface area contributed by atoms with E-state index in [-0.39, 0.29) is 5.60 Å². The van der Waals surface area contributed by atoms with Gasteiger partial charge in [-0.25, -0.2) is 0 Å². The summed E-state index contributed by atoms with van der Waals surface area (Å²) in [6.45, 7) is 3.02. The van der Waals surface area contributed by atoms with Crippen molar-refractivity contribution in [3.05, 3.63) is 28.8 Å². The molecule has 2 nitrogen and oxygen atoms in total. The topological polar surface area (TPSA) is 21.3 Å². The molecule has 0 saturated heterocycles. The zero-order chi connectivity index (χ0) is 11.9. The Kier molecular flexibility index (Phi) is 2.80. The molecule has 3 rings (SSSR count). The molecular formula is C14H18ClNO. The van der Waals surface area contributed by atoms with Crippen LogP contribution in [0, 0.1) is 6.92 Å². The van der Waals surface area contributed by atoms with Crippen LogP contribution in [-0.4, -0.2) is 18.2 Å². The van der Waals surface area contributed by atoms with Crippen LogP contribution in [-0.2, 0) is 0 Å². The van der Waals surface area contributed by atoms with Gasteiger partial charge in [-0.2, -0.15) is 0 Å². The normalized spacial score (nSPS) is 21.3. The van der Waals surface area contributed by atoms with Crippen LogP contribution in [0.1, 0.15) is 31.2 Å². The minimum Gasteiger partial charge on any atom is -0.484 e. The van der Waals surface area contributed by atoms with E-state index >= 15 is 0 Å². The predicted octanol–water partition coefficient (Wildman–Crippen LogP) is 3.31. The van der Waals surface area contributed by atoms with Gasteiger partial charge in [-0.1, -0.05) is 17.7 Å². The molecule has 2 fully saturated rings. The number of halogens is 1. The summed E-state index contributed by atoms with van der Waals surface area (Å²) in [5.41, 5.74) is 1.20. The Morgan fingerprint density at radius 1 is 1.41 bits per heavy atom. The first-order valence-electron chi connectivity index (χ1n) is 6.35. The van der Waals surface area contributed by atoms with Crippen molar-refractivity contribution in [2.24, 2.45) is 0 Å². The van der Waals surface area contributed by atoms with Crippen molar-refractivity contribution in [3.63, 3.8) is 0 Å². The van der Waals surface area contributed by atoms with Gasteiger partial charge < -0.3 is 10.1 Å². The SMILES string of the molecule is Cc1ccc(Cl)c(OC2(CNC3CC3)CC2)c1. The Balaban J connectivity index is 1.66. The summed E-state index contributed by atoms with van der Waals surface area (Å²) in [7, 11) is 0. The lowest BCUT2D eigenvalue weighted by molar-refractivity contribution is 0.175. The number of hydrogen-bond acceptors (Lipinski definition) is 2. The first-order chi connectivity index (χ1) is 8.17. The van der Waals surface area contributed by atoms with Crippen LogP contribution in [0.2, 0.25) is 5.02 Å². The molecule has 1 aromatic rings. The van der Waals surface area contributed by atoms with Crippen LogP contribution in [0.25, 0.3) is 0 Å². The van der Waals surface area contributed by atoms with Crippen molar-refractivity contribution < 1.29 is 4.74 Å². The van der Waals surface area contributed by atoms with Crippen LogP contribution >= 0.6 is 11.6 Å². The molecule has 0 bridgehead atoms. The van der Waals surface area contributed by atoms with E-state index in [0.717, 1.165) is 31.2 Å². The minimum absolute atomic E-state index is 0.0139. The molecule has 2 saturated carbocycles. The zero-order valence-electron chi connectivity index (χ0n) is 10.1. The van der Waals surface area contributed by atoms with Crippen molar-refractivity contribution in [1.29, 1.82) is 0 Å². The summed E-state index contributed by atoms with van der Waals surface area (Å²) in [5, 5.41) is 4.26. The van der Waals surface area contributed by atoms with Crippen LogP contribution in [0.15, 0.2) is 18.2 Å². The van der Waals surface area contributed by atoms with Crippen molar-refractivity contribution in [3.8, 4) is 5.75 Å². The van der Waals surface area contributed by atoms with Crippen LogP contribution in [0.3, 0.4) is 0 Å². The molecule has 3 heteroatoms. The summed E-state index contributed by atoms with van der Waals surface area (Å²) in [4.78, 5) is 0. The fourth-order valence-electron chi connectivity index (χ4n) is 1.99. The van der Waals surface area contributed by atoms with Gasteiger partial charge in [0, 0.05) is 12.6 Å². The van der Waals surface area contributed by atoms with Gasteiger partial charge in [0.05, 0.1) is 5.02 Å². The van der Waals surface area contributed by atoms with Gasteiger partial charge in [-0.05, 0) is 50.3 Å². The zero-order valence-corrected chi connectivity index (χ0v) is 10.9. The Hall–Kier alpha value is -0.730. The summed E-state index contributed by atoms with van der Waals surface area (Å²) in [5.74, 6) is 0.835. The van der Waals surface area contributed by atoms with Gasteiger partial charge in [-0.15, -0.1) is 0 Å². The highest BCUT2D eigenvalue weighted by Gasteiger charge is 2.46. The first-order valence-corrected chi connectivity index (χ1v) is 6.73. The van der Waals surface area contributed by atoms with Crippen molar-refractivity contribution in [2.75, 3.05) is 6.54 Å². The smallest absolute Gasteiger partial charge is 0.139 e. The third-order valence-electron chi connectivity index (χ3n) is 3.51. The molecule has 0 spiro atoms. The summed E-state index contributed by atoms with van der Waals surface area (Å²) in [6, 6.07) is 6.69. The van der Waals surface area contributed by atoms with Gasteiger partial charge in [0.2, 0.25) is 0 Å². The monoisotopic (exact) mass is 251 g/mol. The number of benzene rings is 1. The molecule has 92 valence electrons. The Bertz CT molecular complexity index is 424. The van der Waals surface area contributed by atoms with Crippen LogP contribution < -0.4 is 10.1 Å². The predicted molar refractivity (Wildman–Crippen MR) is 69.8 cm³/mol. The maximum absolute atomic E-state index is 6.16. The quantitative estimate of drug-likeness (QED) is 0.867. The molecule has 0 aromatic heterocycles. The van der Waals surface area contributed by atoms with E-state index in [1.54, 1.807) is 0 Å². The molecule has 0 aliphatic heterocycles. The Morgan fingerprint density at radius 3 is 2.82 bits per heavy atom. The average Bonchev–Trinajstić information content (AvgIpc) is 3.16. The molecular weight excluding hydrogens is 234 g/mol. The molecule has 1 aromatic carbocycles. The average molecular weight is 252 g/mol. The van der Waals surface area contributed by atoms with E-state index in [1.165, 1.54) is 18.4 Å². The Labute approximate surface area is 107 Å². The molecule has 1 N–H and O–H groups in total. The first kappa shape index (κ1) is 11.4. The highest BCUT2D eigenvalue weighted by Crippen LogP contribution is 2.42. The largest absolute Gasteiger partial charge is 0.484 e. The summed E-state index contributed by atoms with van der Waals surface area (Å²) >= 11 is 6.16. The molecule has 0 heterocycles. The number of rotatable bonds is 5. The molecule has 0 atom stereocenters. The van der Waals surface area contributed by atoms with Crippen molar-refractivity contribution in [2.45, 2.75) is 44.2 Å². The van der Waals surface area contributed by atoms with E-state index in [2.05, 4.69) is 12.2 Å². The number of nitrogens with one attached hydrogen (secondary N) is 1. The van der Waals surface area contributed by atoms with E-state index in [9.17, 15) is 0 Å². The minimum atomic E-state index is 0.0139. The van der Waals surface area contributed by atoms with Crippen LogP contribution in [0.4, 0.5) is 0 Å². The molecule has 2 aliphatic rings. The Morgan fingerprint density at radius 2 is 2.18 bits per heavy atom. The molecule has 17 heavy (non-hydrogen) atoms. The van der Waals surface area contributed by atoms with Gasteiger partial charge in [0.25, 0.3) is 0 Å². The summed E-state index contributed by atoms with van der Waals surface area (Å²) in [6.07, 6.45) is 4.91. The molecule has 2 aliphatic carbocycles. The third-order valence-corrected chi connectivity index (χ3v) is 3.82. The summed E-state index contributed by atoms with van der Waals surface area (Å²) < 4.78 is 6.11. The highest BCUT2D eigenvalue weighted by atomic mass is 35.5. The lowest BCUT2D eigenvalue weighted by Gasteiger charge is -2.19. The van der Waals surface area contributed by atoms with Gasteiger partial charge in [0.15, 0.2) is 0 Å². The fourth-order valence-corrected chi connectivity index (χ4v) is 2.15. The van der Waals surface area contributed by atoms with E-state index in [4.69, 9.17) is 16.3 Å². The maximum atomic E-state index is 6.16. The standard InChI is InChI=1S/C14H18ClNO/c1-10-2-5-12(15)13(8-10)17-14(6-7-14)9-16-11-3-4-11/h2,5,8,11,16H,3-4,6-7,9H2,1H3. The fraction of sp³-hybridized carbons (Fsp3) is 0.571. The number of aryl methyl sites for hydroxylation is 1. The lowest BCUT2D eigenvalue weighted by Crippen LogP contribution is -2.34. The molecule has 0 radical (unpaired) electrons. The van der Waals surface area contributed by atoms with Crippen molar-refractivity contribution >= 4 is 11.6 Å². The second kappa shape index (κ2) is 4.18. The second-order valence-electron chi connectivity index (χ2n) is 5.37.